The molecule has 0 aliphatic carbocycles. The molecular formula is C15H10ClN3O2. The molecule has 5 nitrogen and oxygen atoms in total. The van der Waals surface area contributed by atoms with Gasteiger partial charge in [-0.1, -0.05) is 29.8 Å². The Bertz CT molecular complexity index is 738. The molecule has 0 saturated heterocycles. The van der Waals surface area contributed by atoms with E-state index in [0.29, 0.717) is 16.7 Å². The van der Waals surface area contributed by atoms with Crippen LogP contribution >= 0.6 is 11.6 Å². The Kier molecular flexibility index (Phi) is 3.93. The molecule has 2 heterocycles. The molecular weight excluding hydrogens is 290 g/mol. The predicted molar refractivity (Wildman–Crippen MR) is 77.9 cm³/mol. The van der Waals surface area contributed by atoms with Gasteiger partial charge in [0.2, 0.25) is 11.8 Å². The summed E-state index contributed by atoms with van der Waals surface area (Å²) in [5.74, 6) is 1.23. The van der Waals surface area contributed by atoms with Crippen LogP contribution in [0, 0.1) is 0 Å². The summed E-state index contributed by atoms with van der Waals surface area (Å²) in [4.78, 5) is 12.2. The second-order valence-electron chi connectivity index (χ2n) is 3.99. The Morgan fingerprint density at radius 3 is 2.48 bits per heavy atom. The van der Waals surface area contributed by atoms with E-state index in [1.807, 2.05) is 30.3 Å². The molecule has 0 N–H and O–H groups in total. The summed E-state index contributed by atoms with van der Waals surface area (Å²) in [5.41, 5.74) is 0. The maximum absolute atomic E-state index is 5.98. The van der Waals surface area contributed by atoms with Crippen LogP contribution in [0.5, 0.6) is 23.5 Å². The fourth-order valence-corrected chi connectivity index (χ4v) is 1.73. The van der Waals surface area contributed by atoms with Gasteiger partial charge in [-0.15, -0.1) is 0 Å². The molecule has 3 aromatic rings. The third-order valence-corrected chi connectivity index (χ3v) is 2.77. The van der Waals surface area contributed by atoms with E-state index in [2.05, 4.69) is 15.0 Å². The highest BCUT2D eigenvalue weighted by molar-refractivity contribution is 6.31. The summed E-state index contributed by atoms with van der Waals surface area (Å²) < 4.78 is 11.0. The van der Waals surface area contributed by atoms with Gasteiger partial charge in [-0.05, 0) is 24.3 Å². The molecule has 0 aliphatic rings. The highest BCUT2D eigenvalue weighted by Gasteiger charge is 2.07. The van der Waals surface area contributed by atoms with Crippen LogP contribution in [0.3, 0.4) is 0 Å². The van der Waals surface area contributed by atoms with E-state index >= 15 is 0 Å². The van der Waals surface area contributed by atoms with Crippen LogP contribution in [0.15, 0.2) is 60.9 Å². The third kappa shape index (κ3) is 3.46. The van der Waals surface area contributed by atoms with E-state index in [4.69, 9.17) is 21.1 Å². The zero-order valence-corrected chi connectivity index (χ0v) is 11.6. The summed E-state index contributed by atoms with van der Waals surface area (Å²) in [7, 11) is 0. The number of para-hydroxylation sites is 1. The first-order valence-electron chi connectivity index (χ1n) is 6.15. The number of ether oxygens (including phenoxy) is 2. The molecule has 0 atom stereocenters. The largest absolute Gasteiger partial charge is 0.424 e. The lowest BCUT2D eigenvalue weighted by Gasteiger charge is -2.07. The summed E-state index contributed by atoms with van der Waals surface area (Å²) in [6.07, 6.45) is 3.13. The van der Waals surface area contributed by atoms with Crippen molar-refractivity contribution in [2.24, 2.45) is 0 Å². The van der Waals surface area contributed by atoms with Crippen LogP contribution in [0.2, 0.25) is 5.02 Å². The summed E-state index contributed by atoms with van der Waals surface area (Å²) in [6, 6.07) is 14.4. The maximum atomic E-state index is 5.98. The van der Waals surface area contributed by atoms with Gasteiger partial charge >= 0.3 is 6.01 Å². The molecule has 0 unspecified atom stereocenters. The number of hydrogen-bond acceptors (Lipinski definition) is 5. The first-order chi connectivity index (χ1) is 10.3. The summed E-state index contributed by atoms with van der Waals surface area (Å²) in [5, 5.41) is 0.404. The van der Waals surface area contributed by atoms with E-state index in [1.165, 1.54) is 6.20 Å². The molecule has 2 aromatic heterocycles. The molecule has 0 bridgehead atoms. The van der Waals surface area contributed by atoms with Crippen molar-refractivity contribution in [1.29, 1.82) is 0 Å². The minimum atomic E-state index is 0.186. The van der Waals surface area contributed by atoms with Crippen LogP contribution in [-0.4, -0.2) is 15.0 Å². The fraction of sp³-hybridized carbons (Fsp3) is 0. The lowest BCUT2D eigenvalue weighted by molar-refractivity contribution is 0.405. The van der Waals surface area contributed by atoms with Gasteiger partial charge in [0.15, 0.2) is 0 Å². The zero-order chi connectivity index (χ0) is 14.5. The number of hydrogen-bond donors (Lipinski definition) is 0. The number of rotatable bonds is 4. The van der Waals surface area contributed by atoms with Crippen molar-refractivity contribution in [2.75, 3.05) is 0 Å². The normalized spacial score (nSPS) is 10.1. The molecule has 0 saturated carbocycles. The van der Waals surface area contributed by atoms with E-state index < -0.39 is 0 Å². The average Bonchev–Trinajstić information content (AvgIpc) is 2.51. The predicted octanol–water partition coefficient (Wildman–Crippen LogP) is 4.11. The van der Waals surface area contributed by atoms with Crippen molar-refractivity contribution < 1.29 is 9.47 Å². The maximum Gasteiger partial charge on any atom is 0.325 e. The molecule has 0 aliphatic heterocycles. The lowest BCUT2D eigenvalue weighted by atomic mass is 10.3. The summed E-state index contributed by atoms with van der Waals surface area (Å²) >= 11 is 5.98. The third-order valence-electron chi connectivity index (χ3n) is 2.49. The molecule has 0 radical (unpaired) electrons. The number of pyridine rings is 1. The molecule has 104 valence electrons. The smallest absolute Gasteiger partial charge is 0.325 e. The van der Waals surface area contributed by atoms with Crippen LogP contribution < -0.4 is 9.47 Å². The first-order valence-corrected chi connectivity index (χ1v) is 6.53. The van der Waals surface area contributed by atoms with Gasteiger partial charge in [-0.25, -0.2) is 9.97 Å². The molecule has 3 rings (SSSR count). The summed E-state index contributed by atoms with van der Waals surface area (Å²) in [6.45, 7) is 0. The number of aromatic nitrogens is 3. The first kappa shape index (κ1) is 13.3. The Labute approximate surface area is 126 Å². The van der Waals surface area contributed by atoms with Crippen LogP contribution in [0.4, 0.5) is 0 Å². The Morgan fingerprint density at radius 1 is 0.810 bits per heavy atom. The van der Waals surface area contributed by atoms with Crippen molar-refractivity contribution in [2.45, 2.75) is 0 Å². The average molecular weight is 300 g/mol. The number of halogens is 1. The highest BCUT2D eigenvalue weighted by atomic mass is 35.5. The molecule has 6 heteroatoms. The van der Waals surface area contributed by atoms with Crippen molar-refractivity contribution in [3.8, 4) is 23.5 Å². The van der Waals surface area contributed by atoms with Gasteiger partial charge in [0, 0.05) is 18.5 Å². The molecule has 0 fully saturated rings. The van der Waals surface area contributed by atoms with Crippen LogP contribution in [0.25, 0.3) is 0 Å². The highest BCUT2D eigenvalue weighted by Crippen LogP contribution is 2.26. The monoisotopic (exact) mass is 299 g/mol. The minimum absolute atomic E-state index is 0.186. The van der Waals surface area contributed by atoms with Crippen LogP contribution in [0.1, 0.15) is 0 Å². The topological polar surface area (TPSA) is 57.1 Å². The molecule has 0 spiro atoms. The Hall–Kier alpha value is -2.66. The molecule has 21 heavy (non-hydrogen) atoms. The second kappa shape index (κ2) is 6.19. The SMILES string of the molecule is Clc1cccnc1Oc1ccnc(Oc2ccccc2)n1. The van der Waals surface area contributed by atoms with Gasteiger partial charge in [-0.3, -0.25) is 0 Å². The molecule has 0 amide bonds. The second-order valence-corrected chi connectivity index (χ2v) is 4.39. The van der Waals surface area contributed by atoms with Crippen molar-refractivity contribution in [3.05, 3.63) is 65.9 Å². The lowest BCUT2D eigenvalue weighted by Crippen LogP contribution is -1.95. The minimum Gasteiger partial charge on any atom is -0.424 e. The van der Waals surface area contributed by atoms with E-state index in [9.17, 15) is 0 Å². The number of nitrogens with zero attached hydrogens (tertiary/aromatic N) is 3. The van der Waals surface area contributed by atoms with Crippen molar-refractivity contribution >= 4 is 11.6 Å². The zero-order valence-electron chi connectivity index (χ0n) is 10.8. The molecule has 1 aromatic carbocycles. The van der Waals surface area contributed by atoms with Crippen molar-refractivity contribution in [1.82, 2.24) is 15.0 Å². The number of benzene rings is 1. The Morgan fingerprint density at radius 2 is 1.67 bits per heavy atom. The quantitative estimate of drug-likeness (QED) is 0.725. The fourth-order valence-electron chi connectivity index (χ4n) is 1.57. The van der Waals surface area contributed by atoms with Gasteiger partial charge in [-0.2, -0.15) is 4.98 Å². The Balaban J connectivity index is 1.79. The van der Waals surface area contributed by atoms with E-state index in [1.54, 1.807) is 24.4 Å². The van der Waals surface area contributed by atoms with E-state index in [-0.39, 0.29) is 11.9 Å². The van der Waals surface area contributed by atoms with Crippen molar-refractivity contribution in [3.63, 3.8) is 0 Å². The van der Waals surface area contributed by atoms with E-state index in [0.717, 1.165) is 0 Å². The van der Waals surface area contributed by atoms with Gasteiger partial charge in [0.25, 0.3) is 0 Å². The van der Waals surface area contributed by atoms with Crippen LogP contribution in [-0.2, 0) is 0 Å². The van der Waals surface area contributed by atoms with Gasteiger partial charge in [0.05, 0.1) is 0 Å². The standard InChI is InChI=1S/C15H10ClN3O2/c16-12-7-4-9-17-14(12)21-13-8-10-18-15(19-13)20-11-5-2-1-3-6-11/h1-10H. The van der Waals surface area contributed by atoms with Gasteiger partial charge < -0.3 is 9.47 Å². The van der Waals surface area contributed by atoms with Gasteiger partial charge in [0.1, 0.15) is 10.8 Å².